The van der Waals surface area contributed by atoms with Gasteiger partial charge in [0.05, 0.1) is 0 Å². The van der Waals surface area contributed by atoms with E-state index in [1.54, 1.807) is 0 Å². The Bertz CT molecular complexity index is 454. The number of nitrogens with one attached hydrogen (secondary N) is 2. The van der Waals surface area contributed by atoms with E-state index in [9.17, 15) is 4.79 Å². The highest BCUT2D eigenvalue weighted by Gasteiger charge is 2.29. The Morgan fingerprint density at radius 1 is 1.29 bits per heavy atom. The molecule has 2 atom stereocenters. The summed E-state index contributed by atoms with van der Waals surface area (Å²) in [5.41, 5.74) is 0.899. The topological polar surface area (TPSA) is 50.4 Å². The molecule has 4 nitrogen and oxygen atoms in total. The van der Waals surface area contributed by atoms with Crippen molar-refractivity contribution in [3.8, 4) is 0 Å². The standard InChI is InChI=1S/C17H26N2O2/c1-17(2,3)21-16(20)19-15-12-18-11-14(15)10-9-13-7-5-4-6-8-13/h4-8,14-15,18H,9-12H2,1-3H3,(H,19,20)/t14-,15-/m1/s1. The van der Waals surface area contributed by atoms with Crippen molar-refractivity contribution in [2.24, 2.45) is 5.92 Å². The van der Waals surface area contributed by atoms with Crippen LogP contribution in [-0.4, -0.2) is 30.8 Å². The van der Waals surface area contributed by atoms with Crippen LogP contribution in [0.1, 0.15) is 32.8 Å². The van der Waals surface area contributed by atoms with Crippen LogP contribution in [-0.2, 0) is 11.2 Å². The van der Waals surface area contributed by atoms with Gasteiger partial charge in [-0.15, -0.1) is 0 Å². The van der Waals surface area contributed by atoms with Gasteiger partial charge in [0, 0.05) is 19.1 Å². The monoisotopic (exact) mass is 290 g/mol. The van der Waals surface area contributed by atoms with Crippen LogP contribution in [0, 0.1) is 5.92 Å². The first kappa shape index (κ1) is 15.8. The zero-order valence-corrected chi connectivity index (χ0v) is 13.2. The Morgan fingerprint density at radius 3 is 2.67 bits per heavy atom. The normalized spacial score (nSPS) is 22.0. The first-order valence-corrected chi connectivity index (χ1v) is 7.68. The Balaban J connectivity index is 1.81. The molecule has 21 heavy (non-hydrogen) atoms. The van der Waals surface area contributed by atoms with Gasteiger partial charge >= 0.3 is 6.09 Å². The number of benzene rings is 1. The number of alkyl carbamates (subject to hydrolysis) is 1. The molecule has 0 radical (unpaired) electrons. The third-order valence-corrected chi connectivity index (χ3v) is 3.69. The summed E-state index contributed by atoms with van der Waals surface area (Å²) < 4.78 is 5.33. The van der Waals surface area contributed by atoms with E-state index in [0.717, 1.165) is 25.9 Å². The molecule has 0 bridgehead atoms. The average Bonchev–Trinajstić information content (AvgIpc) is 2.82. The second-order valence-corrected chi connectivity index (χ2v) is 6.70. The molecular formula is C17H26N2O2. The lowest BCUT2D eigenvalue weighted by Crippen LogP contribution is -2.43. The van der Waals surface area contributed by atoms with Gasteiger partial charge in [0.1, 0.15) is 5.60 Å². The van der Waals surface area contributed by atoms with E-state index in [1.165, 1.54) is 5.56 Å². The molecule has 0 aromatic heterocycles. The van der Waals surface area contributed by atoms with Crippen molar-refractivity contribution in [1.82, 2.24) is 10.6 Å². The van der Waals surface area contributed by atoms with Gasteiger partial charge in [-0.1, -0.05) is 30.3 Å². The first-order valence-electron chi connectivity index (χ1n) is 7.68. The van der Waals surface area contributed by atoms with Crippen molar-refractivity contribution in [1.29, 1.82) is 0 Å². The lowest BCUT2D eigenvalue weighted by atomic mass is 9.95. The zero-order chi connectivity index (χ0) is 15.3. The lowest BCUT2D eigenvalue weighted by molar-refractivity contribution is 0.0496. The van der Waals surface area contributed by atoms with E-state index in [-0.39, 0.29) is 12.1 Å². The van der Waals surface area contributed by atoms with Crippen LogP contribution in [0.25, 0.3) is 0 Å². The number of ether oxygens (including phenoxy) is 1. The van der Waals surface area contributed by atoms with Crippen LogP contribution >= 0.6 is 0 Å². The van der Waals surface area contributed by atoms with Crippen molar-refractivity contribution in [2.75, 3.05) is 13.1 Å². The molecule has 1 amide bonds. The summed E-state index contributed by atoms with van der Waals surface area (Å²) in [7, 11) is 0. The van der Waals surface area contributed by atoms with Crippen LogP contribution in [0.4, 0.5) is 4.79 Å². The summed E-state index contributed by atoms with van der Waals surface area (Å²) in [6, 6.07) is 10.6. The number of aryl methyl sites for hydroxylation is 1. The van der Waals surface area contributed by atoms with E-state index < -0.39 is 5.60 Å². The molecule has 0 spiro atoms. The molecule has 0 aliphatic carbocycles. The number of amides is 1. The minimum Gasteiger partial charge on any atom is -0.444 e. The van der Waals surface area contributed by atoms with Gasteiger partial charge in [0.25, 0.3) is 0 Å². The first-order chi connectivity index (χ1) is 9.94. The number of carbonyl (C=O) groups excluding carboxylic acids is 1. The lowest BCUT2D eigenvalue weighted by Gasteiger charge is -2.24. The minimum absolute atomic E-state index is 0.156. The molecule has 4 heteroatoms. The van der Waals surface area contributed by atoms with E-state index >= 15 is 0 Å². The quantitative estimate of drug-likeness (QED) is 0.896. The van der Waals surface area contributed by atoms with Gasteiger partial charge in [0.15, 0.2) is 0 Å². The number of rotatable bonds is 4. The molecule has 0 saturated carbocycles. The smallest absolute Gasteiger partial charge is 0.407 e. The van der Waals surface area contributed by atoms with Crippen LogP contribution in [0.5, 0.6) is 0 Å². The molecule has 1 aromatic rings. The number of hydrogen-bond donors (Lipinski definition) is 2. The van der Waals surface area contributed by atoms with Gasteiger partial charge in [-0.05, 0) is 45.1 Å². The molecule has 1 aliphatic heterocycles. The fourth-order valence-corrected chi connectivity index (χ4v) is 2.66. The SMILES string of the molecule is CC(C)(C)OC(=O)N[C@@H]1CNC[C@H]1CCc1ccccc1. The van der Waals surface area contributed by atoms with Crippen molar-refractivity contribution < 1.29 is 9.53 Å². The van der Waals surface area contributed by atoms with Crippen LogP contribution in [0.3, 0.4) is 0 Å². The maximum absolute atomic E-state index is 11.9. The van der Waals surface area contributed by atoms with Gasteiger partial charge in [0.2, 0.25) is 0 Å². The Labute approximate surface area is 127 Å². The van der Waals surface area contributed by atoms with E-state index in [1.807, 2.05) is 26.8 Å². The molecule has 1 saturated heterocycles. The third-order valence-electron chi connectivity index (χ3n) is 3.69. The van der Waals surface area contributed by atoms with E-state index in [2.05, 4.69) is 34.9 Å². The van der Waals surface area contributed by atoms with Gasteiger partial charge < -0.3 is 15.4 Å². The van der Waals surface area contributed by atoms with Crippen LogP contribution in [0.2, 0.25) is 0 Å². The fraction of sp³-hybridized carbons (Fsp3) is 0.588. The Morgan fingerprint density at radius 2 is 2.00 bits per heavy atom. The molecule has 1 aliphatic rings. The Hall–Kier alpha value is -1.55. The number of hydrogen-bond acceptors (Lipinski definition) is 3. The van der Waals surface area contributed by atoms with Crippen molar-refractivity contribution >= 4 is 6.09 Å². The Kier molecular flexibility index (Phi) is 5.23. The summed E-state index contributed by atoms with van der Waals surface area (Å²) >= 11 is 0. The van der Waals surface area contributed by atoms with Gasteiger partial charge in [-0.25, -0.2) is 4.79 Å². The van der Waals surface area contributed by atoms with Crippen molar-refractivity contribution in [3.05, 3.63) is 35.9 Å². The van der Waals surface area contributed by atoms with Gasteiger partial charge in [-0.2, -0.15) is 0 Å². The third kappa shape index (κ3) is 5.38. The van der Waals surface area contributed by atoms with Gasteiger partial charge in [-0.3, -0.25) is 0 Å². The average molecular weight is 290 g/mol. The minimum atomic E-state index is -0.449. The molecule has 2 N–H and O–H groups in total. The molecule has 1 heterocycles. The highest BCUT2D eigenvalue weighted by Crippen LogP contribution is 2.17. The summed E-state index contributed by atoms with van der Waals surface area (Å²) in [4.78, 5) is 11.9. The second-order valence-electron chi connectivity index (χ2n) is 6.70. The summed E-state index contributed by atoms with van der Waals surface area (Å²) in [5, 5.41) is 6.35. The van der Waals surface area contributed by atoms with Crippen molar-refractivity contribution in [3.63, 3.8) is 0 Å². The van der Waals surface area contributed by atoms with Crippen molar-refractivity contribution in [2.45, 2.75) is 45.3 Å². The van der Waals surface area contributed by atoms with Crippen LogP contribution in [0.15, 0.2) is 30.3 Å². The molecule has 2 rings (SSSR count). The summed E-state index contributed by atoms with van der Waals surface area (Å²) in [5.74, 6) is 0.456. The zero-order valence-electron chi connectivity index (χ0n) is 13.2. The molecular weight excluding hydrogens is 264 g/mol. The molecule has 1 aromatic carbocycles. The molecule has 1 fully saturated rings. The maximum Gasteiger partial charge on any atom is 0.407 e. The highest BCUT2D eigenvalue weighted by atomic mass is 16.6. The highest BCUT2D eigenvalue weighted by molar-refractivity contribution is 5.68. The van der Waals surface area contributed by atoms with E-state index in [0.29, 0.717) is 5.92 Å². The summed E-state index contributed by atoms with van der Waals surface area (Å²) in [6.45, 7) is 7.41. The van der Waals surface area contributed by atoms with E-state index in [4.69, 9.17) is 4.74 Å². The molecule has 116 valence electrons. The number of carbonyl (C=O) groups is 1. The van der Waals surface area contributed by atoms with Crippen LogP contribution < -0.4 is 10.6 Å². The summed E-state index contributed by atoms with van der Waals surface area (Å²) in [6.07, 6.45) is 1.79. The predicted molar refractivity (Wildman–Crippen MR) is 84.3 cm³/mol. The predicted octanol–water partition coefficient (Wildman–Crippen LogP) is 2.73. The fourth-order valence-electron chi connectivity index (χ4n) is 2.66. The second kappa shape index (κ2) is 6.94. The largest absolute Gasteiger partial charge is 0.444 e. The molecule has 0 unspecified atom stereocenters. The maximum atomic E-state index is 11.9.